The highest BCUT2D eigenvalue weighted by Gasteiger charge is 1.91. The molecule has 0 saturated carbocycles. The molecule has 0 unspecified atom stereocenters. The van der Waals surface area contributed by atoms with Crippen molar-refractivity contribution in [2.24, 2.45) is 0 Å². The highest BCUT2D eigenvalue weighted by atomic mass is 15.0. The lowest BCUT2D eigenvalue weighted by atomic mass is 10.4. The molecule has 0 aliphatic heterocycles. The van der Waals surface area contributed by atoms with Crippen LogP contribution in [0.4, 0.5) is 0 Å². The number of aromatic nitrogens is 8. The van der Waals surface area contributed by atoms with E-state index in [2.05, 4.69) is 39.9 Å². The molecule has 0 aliphatic rings. The average Bonchev–Trinajstić information content (AvgIpc) is 2.56. The Morgan fingerprint density at radius 2 is 0.950 bits per heavy atom. The summed E-state index contributed by atoms with van der Waals surface area (Å²) in [5.74, 6) is 0. The average molecular weight is 264 g/mol. The van der Waals surface area contributed by atoms with Gasteiger partial charge in [-0.1, -0.05) is 0 Å². The van der Waals surface area contributed by atoms with Crippen LogP contribution in [0, 0.1) is 0 Å². The topological polar surface area (TPSA) is 103 Å². The molecule has 0 N–H and O–H groups in total. The summed E-state index contributed by atoms with van der Waals surface area (Å²) in [7, 11) is 0. The van der Waals surface area contributed by atoms with Crippen LogP contribution in [0.1, 0.15) is 0 Å². The van der Waals surface area contributed by atoms with Crippen molar-refractivity contribution in [3.05, 3.63) is 49.8 Å². The highest BCUT2D eigenvalue weighted by Crippen LogP contribution is 2.00. The van der Waals surface area contributed by atoms with Gasteiger partial charge in [0, 0.05) is 37.2 Å². The van der Waals surface area contributed by atoms with E-state index < -0.39 is 0 Å². The van der Waals surface area contributed by atoms with Crippen LogP contribution in [-0.2, 0) is 0 Å². The van der Waals surface area contributed by atoms with Crippen LogP contribution < -0.4 is 0 Å². The molecule has 0 saturated heterocycles. The maximum absolute atomic E-state index is 3.95. The standard InChI is InChI=1S/2C6H4N4/c1-5-2-8-4-10-6(5)9-3-7-1;1-2-8-6-5(7-1)9-3-4-10-6/h2*1-4H. The molecule has 8 nitrogen and oxygen atoms in total. The summed E-state index contributed by atoms with van der Waals surface area (Å²) in [5.41, 5.74) is 1.86. The van der Waals surface area contributed by atoms with Gasteiger partial charge in [-0.3, -0.25) is 0 Å². The van der Waals surface area contributed by atoms with Crippen LogP contribution in [0.25, 0.3) is 22.3 Å². The van der Waals surface area contributed by atoms with Crippen molar-refractivity contribution >= 4 is 22.3 Å². The maximum atomic E-state index is 3.95. The van der Waals surface area contributed by atoms with Crippen molar-refractivity contribution in [1.82, 2.24) is 39.9 Å². The lowest BCUT2D eigenvalue weighted by Crippen LogP contribution is -1.87. The van der Waals surface area contributed by atoms with E-state index in [0.29, 0.717) is 16.9 Å². The molecular weight excluding hydrogens is 256 g/mol. The molecule has 0 radical (unpaired) electrons. The molecule has 0 bridgehead atoms. The minimum Gasteiger partial charge on any atom is -0.244 e. The van der Waals surface area contributed by atoms with E-state index in [1.165, 1.54) is 12.7 Å². The van der Waals surface area contributed by atoms with Gasteiger partial charge in [-0.05, 0) is 0 Å². The molecule has 4 heterocycles. The smallest absolute Gasteiger partial charge is 0.197 e. The highest BCUT2D eigenvalue weighted by molar-refractivity contribution is 5.71. The first-order chi connectivity index (χ1) is 9.93. The summed E-state index contributed by atoms with van der Waals surface area (Å²) >= 11 is 0. The number of hydrogen-bond donors (Lipinski definition) is 0. The molecule has 8 heteroatoms. The van der Waals surface area contributed by atoms with Gasteiger partial charge in [0.2, 0.25) is 0 Å². The molecule has 0 fully saturated rings. The first kappa shape index (κ1) is 11.9. The van der Waals surface area contributed by atoms with Crippen LogP contribution in [-0.4, -0.2) is 39.9 Å². The van der Waals surface area contributed by atoms with E-state index in [1.54, 1.807) is 37.2 Å². The van der Waals surface area contributed by atoms with E-state index in [-0.39, 0.29) is 0 Å². The summed E-state index contributed by atoms with van der Waals surface area (Å²) in [4.78, 5) is 31.3. The van der Waals surface area contributed by atoms with Gasteiger partial charge in [0.25, 0.3) is 0 Å². The Morgan fingerprint density at radius 3 is 1.35 bits per heavy atom. The van der Waals surface area contributed by atoms with Gasteiger partial charge in [0.15, 0.2) is 16.9 Å². The van der Waals surface area contributed by atoms with Crippen molar-refractivity contribution in [2.45, 2.75) is 0 Å². The molecule has 4 aromatic rings. The number of hydrogen-bond acceptors (Lipinski definition) is 8. The maximum Gasteiger partial charge on any atom is 0.197 e. The third kappa shape index (κ3) is 2.64. The van der Waals surface area contributed by atoms with Crippen LogP contribution in [0.3, 0.4) is 0 Å². The van der Waals surface area contributed by atoms with Gasteiger partial charge >= 0.3 is 0 Å². The van der Waals surface area contributed by atoms with Crippen LogP contribution in [0.15, 0.2) is 49.8 Å². The fourth-order valence-corrected chi connectivity index (χ4v) is 1.45. The predicted octanol–water partition coefficient (Wildman–Crippen LogP) is 0.840. The van der Waals surface area contributed by atoms with Crippen molar-refractivity contribution in [1.29, 1.82) is 0 Å². The molecule has 0 spiro atoms. The first-order valence-electron chi connectivity index (χ1n) is 5.67. The Hall–Kier alpha value is -3.16. The fraction of sp³-hybridized carbons (Fsp3) is 0. The monoisotopic (exact) mass is 264 g/mol. The summed E-state index contributed by atoms with van der Waals surface area (Å²) in [5, 5.41) is 0.866. The lowest BCUT2D eigenvalue weighted by Gasteiger charge is -1.89. The Labute approximate surface area is 113 Å². The van der Waals surface area contributed by atoms with Crippen LogP contribution in [0.5, 0.6) is 0 Å². The zero-order valence-corrected chi connectivity index (χ0v) is 10.2. The normalized spacial score (nSPS) is 10.0. The van der Waals surface area contributed by atoms with E-state index in [0.717, 1.165) is 5.39 Å². The second-order valence-electron chi connectivity index (χ2n) is 3.58. The number of nitrogens with zero attached hydrogens (tertiary/aromatic N) is 8. The Morgan fingerprint density at radius 1 is 0.500 bits per heavy atom. The molecular formula is C12H8N8. The molecule has 4 rings (SSSR count). The first-order valence-corrected chi connectivity index (χ1v) is 5.67. The minimum atomic E-state index is 0.588. The molecule has 96 valence electrons. The van der Waals surface area contributed by atoms with Gasteiger partial charge < -0.3 is 0 Å². The SMILES string of the molecule is c1cnc2nccnc2n1.c1ncc2cncnc2n1. The number of rotatable bonds is 0. The Balaban J connectivity index is 0.000000121. The van der Waals surface area contributed by atoms with Crippen LogP contribution in [0.2, 0.25) is 0 Å². The van der Waals surface area contributed by atoms with Gasteiger partial charge in [0.1, 0.15) is 12.7 Å². The van der Waals surface area contributed by atoms with Gasteiger partial charge in [-0.2, -0.15) is 0 Å². The van der Waals surface area contributed by atoms with Gasteiger partial charge in [0.05, 0.1) is 5.39 Å². The van der Waals surface area contributed by atoms with E-state index >= 15 is 0 Å². The van der Waals surface area contributed by atoms with Crippen LogP contribution >= 0.6 is 0 Å². The Kier molecular flexibility index (Phi) is 3.36. The molecule has 4 aromatic heterocycles. The van der Waals surface area contributed by atoms with Crippen molar-refractivity contribution in [3.63, 3.8) is 0 Å². The second kappa shape index (κ2) is 5.65. The molecule has 0 aromatic carbocycles. The lowest BCUT2D eigenvalue weighted by molar-refractivity contribution is 1.13. The molecule has 0 amide bonds. The predicted molar refractivity (Wildman–Crippen MR) is 70.3 cm³/mol. The summed E-state index contributed by atoms with van der Waals surface area (Å²) in [6.45, 7) is 0. The van der Waals surface area contributed by atoms with Gasteiger partial charge in [-0.15, -0.1) is 0 Å². The third-order valence-corrected chi connectivity index (χ3v) is 2.30. The summed E-state index contributed by atoms with van der Waals surface area (Å²) in [6.07, 6.45) is 12.7. The van der Waals surface area contributed by atoms with Crippen molar-refractivity contribution < 1.29 is 0 Å². The third-order valence-electron chi connectivity index (χ3n) is 2.30. The summed E-state index contributed by atoms with van der Waals surface area (Å²) in [6, 6.07) is 0. The largest absolute Gasteiger partial charge is 0.244 e. The zero-order valence-electron chi connectivity index (χ0n) is 10.2. The molecule has 0 atom stereocenters. The van der Waals surface area contributed by atoms with E-state index in [1.807, 2.05) is 0 Å². The van der Waals surface area contributed by atoms with E-state index in [9.17, 15) is 0 Å². The molecule has 0 aliphatic carbocycles. The van der Waals surface area contributed by atoms with Crippen molar-refractivity contribution in [3.8, 4) is 0 Å². The summed E-state index contributed by atoms with van der Waals surface area (Å²) < 4.78 is 0. The number of fused-ring (bicyclic) bond motifs is 2. The zero-order chi connectivity index (χ0) is 13.6. The fourth-order valence-electron chi connectivity index (χ4n) is 1.45. The Bertz CT molecular complexity index is 633. The minimum absolute atomic E-state index is 0.588. The molecule has 20 heavy (non-hydrogen) atoms. The van der Waals surface area contributed by atoms with Crippen molar-refractivity contribution in [2.75, 3.05) is 0 Å². The second-order valence-corrected chi connectivity index (χ2v) is 3.58. The van der Waals surface area contributed by atoms with Gasteiger partial charge in [-0.25, -0.2) is 39.9 Å². The van der Waals surface area contributed by atoms with E-state index in [4.69, 9.17) is 0 Å². The quantitative estimate of drug-likeness (QED) is 0.460.